The molecule has 0 aliphatic rings. The molecule has 0 spiro atoms. The van der Waals surface area contributed by atoms with E-state index in [9.17, 15) is 0 Å². The third-order valence-corrected chi connectivity index (χ3v) is 2.70. The van der Waals surface area contributed by atoms with E-state index in [0.29, 0.717) is 25.0 Å². The number of aliphatic hydroxyl groups is 2. The molecule has 2 unspecified atom stereocenters. The van der Waals surface area contributed by atoms with E-state index in [2.05, 4.69) is 19.2 Å². The summed E-state index contributed by atoms with van der Waals surface area (Å²) in [4.78, 5) is 0. The normalized spacial score (nSPS) is 15.2. The second kappa shape index (κ2) is 10.4. The van der Waals surface area contributed by atoms with Gasteiger partial charge in [-0.25, -0.2) is 0 Å². The molecule has 0 amide bonds. The zero-order valence-electron chi connectivity index (χ0n) is 10.2. The summed E-state index contributed by atoms with van der Waals surface area (Å²) in [7, 11) is 0. The van der Waals surface area contributed by atoms with Gasteiger partial charge in [-0.3, -0.25) is 0 Å². The first-order valence-corrected chi connectivity index (χ1v) is 6.13. The van der Waals surface area contributed by atoms with Gasteiger partial charge in [0, 0.05) is 13.2 Å². The summed E-state index contributed by atoms with van der Waals surface area (Å²) in [5.41, 5.74) is 0. The van der Waals surface area contributed by atoms with Gasteiger partial charge in [-0.2, -0.15) is 0 Å². The lowest BCUT2D eigenvalue weighted by Gasteiger charge is -2.15. The first-order chi connectivity index (χ1) is 7.20. The van der Waals surface area contributed by atoms with Gasteiger partial charge >= 0.3 is 0 Å². The Kier molecular flexibility index (Phi) is 10.3. The van der Waals surface area contributed by atoms with Crippen LogP contribution in [0.2, 0.25) is 0 Å². The van der Waals surface area contributed by atoms with Gasteiger partial charge < -0.3 is 15.5 Å². The van der Waals surface area contributed by atoms with Crippen LogP contribution >= 0.6 is 0 Å². The molecule has 2 atom stereocenters. The van der Waals surface area contributed by atoms with Crippen LogP contribution in [0.3, 0.4) is 0 Å². The topological polar surface area (TPSA) is 52.5 Å². The Labute approximate surface area is 93.9 Å². The Morgan fingerprint density at radius 2 is 1.27 bits per heavy atom. The quantitative estimate of drug-likeness (QED) is 0.518. The summed E-state index contributed by atoms with van der Waals surface area (Å²) >= 11 is 0. The van der Waals surface area contributed by atoms with Crippen LogP contribution in [0.25, 0.3) is 0 Å². The second-order valence-corrected chi connectivity index (χ2v) is 4.60. The van der Waals surface area contributed by atoms with Crippen LogP contribution in [-0.4, -0.2) is 36.5 Å². The summed E-state index contributed by atoms with van der Waals surface area (Å²) in [6.07, 6.45) is 3.99. The van der Waals surface area contributed by atoms with Gasteiger partial charge in [-0.05, 0) is 50.6 Å². The summed E-state index contributed by atoms with van der Waals surface area (Å²) in [6, 6.07) is 0. The van der Waals surface area contributed by atoms with Gasteiger partial charge in [0.05, 0.1) is 0 Å². The summed E-state index contributed by atoms with van der Waals surface area (Å²) < 4.78 is 0. The van der Waals surface area contributed by atoms with E-state index in [1.807, 2.05) is 0 Å². The maximum atomic E-state index is 8.68. The molecule has 3 nitrogen and oxygen atoms in total. The zero-order chi connectivity index (χ0) is 11.5. The lowest BCUT2D eigenvalue weighted by Crippen LogP contribution is -2.26. The minimum absolute atomic E-state index is 0.303. The van der Waals surface area contributed by atoms with Gasteiger partial charge in [0.25, 0.3) is 0 Å². The first kappa shape index (κ1) is 14.9. The van der Waals surface area contributed by atoms with E-state index in [0.717, 1.165) is 38.8 Å². The van der Waals surface area contributed by atoms with Crippen molar-refractivity contribution in [3.8, 4) is 0 Å². The van der Waals surface area contributed by atoms with E-state index >= 15 is 0 Å². The first-order valence-electron chi connectivity index (χ1n) is 6.13. The Hall–Kier alpha value is -0.120. The maximum absolute atomic E-state index is 8.68. The monoisotopic (exact) mass is 217 g/mol. The predicted molar refractivity (Wildman–Crippen MR) is 63.8 cm³/mol. The predicted octanol–water partition coefficient (Wildman–Crippen LogP) is 1.39. The molecule has 0 aliphatic carbocycles. The SMILES string of the molecule is CC(CCCO)CNCC(C)CCCO. The minimum atomic E-state index is 0.303. The summed E-state index contributed by atoms with van der Waals surface area (Å²) in [5, 5.41) is 20.8. The molecular formula is C12H27NO2. The highest BCUT2D eigenvalue weighted by Crippen LogP contribution is 2.05. The molecule has 0 fully saturated rings. The molecule has 3 N–H and O–H groups in total. The van der Waals surface area contributed by atoms with Crippen molar-refractivity contribution in [1.29, 1.82) is 0 Å². The molecule has 0 bridgehead atoms. The van der Waals surface area contributed by atoms with Crippen molar-refractivity contribution in [1.82, 2.24) is 5.32 Å². The number of nitrogens with one attached hydrogen (secondary N) is 1. The third kappa shape index (κ3) is 10.2. The average molecular weight is 217 g/mol. The molecule has 0 aromatic rings. The molecular weight excluding hydrogens is 190 g/mol. The molecule has 0 saturated carbocycles. The average Bonchev–Trinajstić information content (AvgIpc) is 2.23. The minimum Gasteiger partial charge on any atom is -0.396 e. The van der Waals surface area contributed by atoms with Crippen molar-refractivity contribution in [3.63, 3.8) is 0 Å². The third-order valence-electron chi connectivity index (χ3n) is 2.70. The van der Waals surface area contributed by atoms with Crippen LogP contribution in [0.1, 0.15) is 39.5 Å². The van der Waals surface area contributed by atoms with Gasteiger partial charge in [0.15, 0.2) is 0 Å². The van der Waals surface area contributed by atoms with Gasteiger partial charge in [-0.15, -0.1) is 0 Å². The zero-order valence-corrected chi connectivity index (χ0v) is 10.2. The van der Waals surface area contributed by atoms with Crippen molar-refractivity contribution in [3.05, 3.63) is 0 Å². The Balaban J connectivity index is 3.27. The van der Waals surface area contributed by atoms with Crippen LogP contribution < -0.4 is 5.32 Å². The Morgan fingerprint density at radius 1 is 0.867 bits per heavy atom. The van der Waals surface area contributed by atoms with Crippen LogP contribution in [0.4, 0.5) is 0 Å². The highest BCUT2D eigenvalue weighted by atomic mass is 16.3. The number of hydrogen-bond acceptors (Lipinski definition) is 3. The van der Waals surface area contributed by atoms with Gasteiger partial charge in [-0.1, -0.05) is 13.8 Å². The number of hydrogen-bond donors (Lipinski definition) is 3. The van der Waals surface area contributed by atoms with Crippen LogP contribution in [-0.2, 0) is 0 Å². The fraction of sp³-hybridized carbons (Fsp3) is 1.00. The fourth-order valence-electron chi connectivity index (χ4n) is 1.66. The van der Waals surface area contributed by atoms with Crippen molar-refractivity contribution in [2.45, 2.75) is 39.5 Å². The van der Waals surface area contributed by atoms with Gasteiger partial charge in [0.2, 0.25) is 0 Å². The summed E-state index contributed by atoms with van der Waals surface area (Å²) in [6.45, 7) is 7.09. The molecule has 0 heterocycles. The smallest absolute Gasteiger partial charge is 0.0431 e. The fourth-order valence-corrected chi connectivity index (χ4v) is 1.66. The number of rotatable bonds is 10. The molecule has 15 heavy (non-hydrogen) atoms. The highest BCUT2D eigenvalue weighted by molar-refractivity contribution is 4.61. The summed E-state index contributed by atoms with van der Waals surface area (Å²) in [5.74, 6) is 1.28. The second-order valence-electron chi connectivity index (χ2n) is 4.60. The Bertz CT molecular complexity index is 117. The molecule has 3 heteroatoms. The van der Waals surface area contributed by atoms with E-state index in [1.165, 1.54) is 0 Å². The standard InChI is InChI=1S/C12H27NO2/c1-11(5-3-7-14)9-13-10-12(2)6-4-8-15/h11-15H,3-10H2,1-2H3. The molecule has 0 aromatic heterocycles. The Morgan fingerprint density at radius 3 is 1.60 bits per heavy atom. The van der Waals surface area contributed by atoms with E-state index in [4.69, 9.17) is 10.2 Å². The molecule has 0 aromatic carbocycles. The maximum Gasteiger partial charge on any atom is 0.0431 e. The largest absolute Gasteiger partial charge is 0.396 e. The molecule has 92 valence electrons. The van der Waals surface area contributed by atoms with Crippen molar-refractivity contribution in [2.75, 3.05) is 26.3 Å². The van der Waals surface area contributed by atoms with E-state index < -0.39 is 0 Å². The lowest BCUT2D eigenvalue weighted by molar-refractivity contribution is 0.267. The molecule has 0 rings (SSSR count). The molecule has 0 saturated heterocycles. The van der Waals surface area contributed by atoms with Crippen molar-refractivity contribution >= 4 is 0 Å². The highest BCUT2D eigenvalue weighted by Gasteiger charge is 2.04. The van der Waals surface area contributed by atoms with Crippen molar-refractivity contribution < 1.29 is 10.2 Å². The molecule has 0 radical (unpaired) electrons. The molecule has 0 aliphatic heterocycles. The number of aliphatic hydroxyl groups excluding tert-OH is 2. The van der Waals surface area contributed by atoms with Crippen LogP contribution in [0, 0.1) is 11.8 Å². The van der Waals surface area contributed by atoms with E-state index in [1.54, 1.807) is 0 Å². The van der Waals surface area contributed by atoms with Crippen LogP contribution in [0.5, 0.6) is 0 Å². The van der Waals surface area contributed by atoms with E-state index in [-0.39, 0.29) is 0 Å². The van der Waals surface area contributed by atoms with Crippen LogP contribution in [0.15, 0.2) is 0 Å². The lowest BCUT2D eigenvalue weighted by atomic mass is 10.0. The van der Waals surface area contributed by atoms with Gasteiger partial charge in [0.1, 0.15) is 0 Å². The van der Waals surface area contributed by atoms with Crippen molar-refractivity contribution in [2.24, 2.45) is 11.8 Å².